The zero-order valence-electron chi connectivity index (χ0n) is 23.5. The first-order valence-electron chi connectivity index (χ1n) is 13.7. The van der Waals surface area contributed by atoms with Gasteiger partial charge in [-0.05, 0) is 99.3 Å². The zero-order valence-corrected chi connectivity index (χ0v) is 23.5. The fraction of sp³-hybridized carbons (Fsp3) is 0.419. The van der Waals surface area contributed by atoms with Crippen LogP contribution in [-0.4, -0.2) is 45.8 Å². The number of aliphatic carboxylic acids is 1. The van der Waals surface area contributed by atoms with Crippen molar-refractivity contribution in [2.24, 2.45) is 0 Å². The lowest BCUT2D eigenvalue weighted by atomic mass is 9.70. The van der Waals surface area contributed by atoms with Crippen LogP contribution in [0.5, 0.6) is 0 Å². The molecule has 1 atom stereocenters. The summed E-state index contributed by atoms with van der Waals surface area (Å²) >= 11 is 0. The van der Waals surface area contributed by atoms with Crippen LogP contribution in [0, 0.1) is 0 Å². The van der Waals surface area contributed by atoms with E-state index in [0.717, 1.165) is 58.9 Å². The van der Waals surface area contributed by atoms with E-state index in [2.05, 4.69) is 36.8 Å². The number of carboxylic acids is 1. The summed E-state index contributed by atoms with van der Waals surface area (Å²) in [7, 11) is -0.546. The molecule has 0 radical (unpaired) electrons. The molecular weight excluding hydrogens is 491 g/mol. The van der Waals surface area contributed by atoms with Crippen LogP contribution in [0.2, 0.25) is 0 Å². The molecule has 39 heavy (non-hydrogen) atoms. The molecule has 3 heterocycles. The van der Waals surface area contributed by atoms with Crippen LogP contribution in [0.1, 0.15) is 83.2 Å². The van der Waals surface area contributed by atoms with Crippen LogP contribution in [0.25, 0.3) is 22.0 Å². The third-order valence-corrected chi connectivity index (χ3v) is 8.31. The van der Waals surface area contributed by atoms with Crippen molar-refractivity contribution in [1.29, 1.82) is 0 Å². The average Bonchev–Trinajstić information content (AvgIpc) is 3.43. The molecule has 1 aromatic heterocycles. The molecule has 204 valence electrons. The van der Waals surface area contributed by atoms with E-state index in [1.807, 2.05) is 56.8 Å². The molecule has 1 N–H and O–H groups in total. The molecule has 0 amide bonds. The Kier molecular flexibility index (Phi) is 7.31. The monoisotopic (exact) mass is 528 g/mol. The van der Waals surface area contributed by atoms with Gasteiger partial charge in [-0.25, -0.2) is 9.48 Å². The molecule has 2 aromatic carbocycles. The van der Waals surface area contributed by atoms with Gasteiger partial charge < -0.3 is 19.2 Å². The summed E-state index contributed by atoms with van der Waals surface area (Å²) in [6.07, 6.45) is 5.68. The van der Waals surface area contributed by atoms with E-state index in [-0.39, 0.29) is 11.8 Å². The molecule has 7 nitrogen and oxygen atoms in total. The lowest BCUT2D eigenvalue weighted by Crippen LogP contribution is -2.41. The summed E-state index contributed by atoms with van der Waals surface area (Å²) in [6, 6.07) is 13.8. The van der Waals surface area contributed by atoms with Crippen LogP contribution in [-0.2, 0) is 18.8 Å². The quantitative estimate of drug-likeness (QED) is 0.272. The Labute approximate surface area is 230 Å². The normalized spacial score (nSPS) is 21.2. The van der Waals surface area contributed by atoms with Gasteiger partial charge in [0.25, 0.3) is 0 Å². The predicted molar refractivity (Wildman–Crippen MR) is 154 cm³/mol. The number of aromatic nitrogens is 2. The molecule has 2 saturated heterocycles. The predicted octanol–water partition coefficient (Wildman–Crippen LogP) is 6.68. The first-order valence-corrected chi connectivity index (χ1v) is 13.7. The second-order valence-corrected chi connectivity index (χ2v) is 11.4. The van der Waals surface area contributed by atoms with Crippen molar-refractivity contribution in [1.82, 2.24) is 9.78 Å². The van der Waals surface area contributed by atoms with Crippen molar-refractivity contribution in [3.63, 3.8) is 0 Å². The van der Waals surface area contributed by atoms with Crippen molar-refractivity contribution in [3.05, 3.63) is 77.4 Å². The zero-order chi connectivity index (χ0) is 27.9. The number of nitrogens with zero attached hydrogens (tertiary/aromatic N) is 2. The number of allylic oxidation sites excluding steroid dienone is 1. The Morgan fingerprint density at radius 2 is 1.77 bits per heavy atom. The summed E-state index contributed by atoms with van der Waals surface area (Å²) < 4.78 is 21.0. The van der Waals surface area contributed by atoms with Gasteiger partial charge in [0.2, 0.25) is 0 Å². The minimum absolute atomic E-state index is 0.0493. The third-order valence-electron chi connectivity index (χ3n) is 8.31. The van der Waals surface area contributed by atoms with E-state index < -0.39 is 24.3 Å². The van der Waals surface area contributed by atoms with E-state index in [0.29, 0.717) is 12.0 Å². The maximum atomic E-state index is 11.7. The Hall–Kier alpha value is -3.20. The van der Waals surface area contributed by atoms with Crippen LogP contribution in [0.3, 0.4) is 0 Å². The molecule has 0 bridgehead atoms. The molecule has 1 unspecified atom stereocenters. The smallest absolute Gasteiger partial charge is 0.478 e. The Balaban J connectivity index is 1.66. The Morgan fingerprint density at radius 1 is 1.08 bits per heavy atom. The topological polar surface area (TPSA) is 82.8 Å². The van der Waals surface area contributed by atoms with Gasteiger partial charge >= 0.3 is 13.1 Å². The number of rotatable bonds is 7. The van der Waals surface area contributed by atoms with Gasteiger partial charge in [0.15, 0.2) is 6.23 Å². The number of hydrogen-bond donors (Lipinski definition) is 1. The summed E-state index contributed by atoms with van der Waals surface area (Å²) in [4.78, 5) is 11.7. The van der Waals surface area contributed by atoms with E-state index in [9.17, 15) is 9.90 Å². The van der Waals surface area contributed by atoms with Crippen molar-refractivity contribution < 1.29 is 23.9 Å². The molecule has 2 aliphatic heterocycles. The number of ether oxygens (including phenoxy) is 1. The van der Waals surface area contributed by atoms with Crippen molar-refractivity contribution in [3.8, 4) is 0 Å². The van der Waals surface area contributed by atoms with Crippen molar-refractivity contribution in [2.45, 2.75) is 77.7 Å². The molecule has 0 saturated carbocycles. The van der Waals surface area contributed by atoms with E-state index in [1.54, 1.807) is 6.07 Å². The number of fused-ring (bicyclic) bond motifs is 1. The molecule has 5 rings (SSSR count). The molecule has 0 spiro atoms. The van der Waals surface area contributed by atoms with Crippen LogP contribution >= 0.6 is 0 Å². The van der Waals surface area contributed by atoms with Crippen LogP contribution in [0.15, 0.2) is 60.7 Å². The van der Waals surface area contributed by atoms with Crippen LogP contribution < -0.4 is 0 Å². The summed E-state index contributed by atoms with van der Waals surface area (Å²) in [5, 5.41) is 15.3. The van der Waals surface area contributed by atoms with Gasteiger partial charge in [-0.2, -0.15) is 5.10 Å². The minimum atomic E-state index is -1.04. The Bertz CT molecular complexity index is 1430. The molecule has 3 aromatic rings. The van der Waals surface area contributed by atoms with Crippen molar-refractivity contribution >= 4 is 35.1 Å². The van der Waals surface area contributed by atoms with Crippen molar-refractivity contribution in [2.75, 3.05) is 6.61 Å². The van der Waals surface area contributed by atoms with Gasteiger partial charge in [0.1, 0.15) is 0 Å². The number of benzene rings is 2. The highest BCUT2D eigenvalue weighted by Gasteiger charge is 2.52. The molecule has 8 heteroatoms. The number of carboxylic acid groups (broad SMARTS) is 1. The van der Waals surface area contributed by atoms with E-state index in [1.165, 1.54) is 0 Å². The first kappa shape index (κ1) is 27.4. The van der Waals surface area contributed by atoms with Crippen LogP contribution in [0.4, 0.5) is 0 Å². The molecule has 2 fully saturated rings. The maximum absolute atomic E-state index is 11.7. The highest BCUT2D eigenvalue weighted by atomic mass is 16.7. The highest BCUT2D eigenvalue weighted by molar-refractivity contribution is 6.56. The Morgan fingerprint density at radius 3 is 2.41 bits per heavy atom. The fourth-order valence-electron chi connectivity index (χ4n) is 5.32. The molecule has 2 aliphatic rings. The third kappa shape index (κ3) is 5.09. The summed E-state index contributed by atoms with van der Waals surface area (Å²) in [5.74, 6) is -1.04. The average molecular weight is 528 g/mol. The first-order chi connectivity index (χ1) is 18.5. The number of carbonyl (C=O) groups is 1. The standard InChI is InChI=1S/C31H37BN2O5/c1-7-25(32-38-30(3,4)31(5,6)39-32)28(22-12-10-11-21(17-22)20(2)29(35)36)23-14-15-26-24(18-23)19-33-34(26)27-13-8-9-16-37-27/h10-12,14-15,17-19,27H,2,7-9,13,16H2,1,3-6H3,(H,35,36)/b28-25+. The van der Waals surface area contributed by atoms with Gasteiger partial charge in [-0.15, -0.1) is 0 Å². The second-order valence-electron chi connectivity index (χ2n) is 11.4. The van der Waals surface area contributed by atoms with E-state index in [4.69, 9.17) is 14.0 Å². The maximum Gasteiger partial charge on any atom is 0.491 e. The fourth-order valence-corrected chi connectivity index (χ4v) is 5.32. The van der Waals surface area contributed by atoms with Gasteiger partial charge in [-0.3, -0.25) is 0 Å². The SMILES string of the molecule is C=C(C(=O)O)c1cccc(/C(=C(/CC)B2OC(C)(C)C(C)(C)O2)c2ccc3c(cnn3C3CCCCO3)c2)c1. The number of hydrogen-bond acceptors (Lipinski definition) is 5. The van der Waals surface area contributed by atoms with Gasteiger partial charge in [-0.1, -0.05) is 37.8 Å². The largest absolute Gasteiger partial charge is 0.491 e. The molecule has 0 aliphatic carbocycles. The van der Waals surface area contributed by atoms with Gasteiger partial charge in [0, 0.05) is 12.0 Å². The van der Waals surface area contributed by atoms with Gasteiger partial charge in [0.05, 0.1) is 28.5 Å². The second kappa shape index (κ2) is 10.4. The molecular formula is C31H37BN2O5. The van der Waals surface area contributed by atoms with E-state index >= 15 is 0 Å². The minimum Gasteiger partial charge on any atom is -0.478 e. The summed E-state index contributed by atoms with van der Waals surface area (Å²) in [6.45, 7) is 14.8. The lowest BCUT2D eigenvalue weighted by Gasteiger charge is -2.32. The lowest BCUT2D eigenvalue weighted by molar-refractivity contribution is -0.130. The highest BCUT2D eigenvalue weighted by Crippen LogP contribution is 2.42. The summed E-state index contributed by atoms with van der Waals surface area (Å²) in [5.41, 5.74) is 4.46.